The number of aryl methyl sites for hydroxylation is 1. The van der Waals surface area contributed by atoms with Gasteiger partial charge < -0.3 is 28.7 Å². The number of hydrogen-bond donors (Lipinski definition) is 1. The number of ether oxygens (including phenoxy) is 4. The van der Waals surface area contributed by atoms with Crippen molar-refractivity contribution in [3.63, 3.8) is 0 Å². The van der Waals surface area contributed by atoms with Crippen LogP contribution in [0.4, 0.5) is 0 Å². The van der Waals surface area contributed by atoms with Crippen molar-refractivity contribution < 1.29 is 38.2 Å². The normalized spacial score (nSPS) is 20.5. The van der Waals surface area contributed by atoms with Gasteiger partial charge in [-0.15, -0.1) is 0 Å². The molecule has 0 saturated carbocycles. The van der Waals surface area contributed by atoms with Crippen LogP contribution in [0, 0.1) is 12.8 Å². The Bertz CT molecular complexity index is 1140. The molecule has 192 valence electrons. The van der Waals surface area contributed by atoms with E-state index in [-0.39, 0.29) is 0 Å². The maximum absolute atomic E-state index is 13.8. The van der Waals surface area contributed by atoms with Crippen LogP contribution in [0.2, 0.25) is 0 Å². The van der Waals surface area contributed by atoms with Crippen molar-refractivity contribution in [2.24, 2.45) is 5.92 Å². The molecule has 2 aliphatic rings. The molecule has 0 spiro atoms. The lowest BCUT2D eigenvalue weighted by atomic mass is 9.85. The zero-order chi connectivity index (χ0) is 25.8. The third kappa shape index (κ3) is 4.81. The lowest BCUT2D eigenvalue weighted by molar-refractivity contribution is -0.907. The number of quaternary nitrogens is 1. The zero-order valence-electron chi connectivity index (χ0n) is 21.2. The molecule has 36 heavy (non-hydrogen) atoms. The summed E-state index contributed by atoms with van der Waals surface area (Å²) in [6, 6.07) is 9.51. The Hall–Kier alpha value is -3.43. The molecule has 0 aromatic heterocycles. The van der Waals surface area contributed by atoms with Crippen LogP contribution in [-0.4, -0.2) is 83.1 Å². The number of carbonyl (C=O) groups is 3. The number of methoxy groups -OCH3 is 3. The average Bonchev–Trinajstić information content (AvgIpc) is 3.16. The molecule has 0 aliphatic carbocycles. The van der Waals surface area contributed by atoms with E-state index in [1.165, 1.54) is 24.0 Å². The smallest absolute Gasteiger partial charge is 0.291 e. The van der Waals surface area contributed by atoms with Gasteiger partial charge in [0.05, 0.1) is 53.7 Å². The van der Waals surface area contributed by atoms with Crippen LogP contribution in [0.15, 0.2) is 36.4 Å². The molecule has 1 N–H and O–H groups in total. The molecule has 2 unspecified atom stereocenters. The fourth-order valence-corrected chi connectivity index (χ4v) is 5.12. The van der Waals surface area contributed by atoms with Crippen molar-refractivity contribution in [3.8, 4) is 17.2 Å². The number of likely N-dealkylation sites (tertiary alicyclic amines) is 1. The van der Waals surface area contributed by atoms with E-state index >= 15 is 0 Å². The molecule has 1 amide bonds. The highest BCUT2D eigenvalue weighted by Gasteiger charge is 2.52. The first-order valence-electron chi connectivity index (χ1n) is 12.1. The van der Waals surface area contributed by atoms with Crippen molar-refractivity contribution in [2.75, 3.05) is 60.7 Å². The van der Waals surface area contributed by atoms with E-state index in [1.807, 2.05) is 6.92 Å². The summed E-state index contributed by atoms with van der Waals surface area (Å²) in [5.41, 5.74) is 1.69. The molecule has 0 bridgehead atoms. The Morgan fingerprint density at radius 1 is 1.03 bits per heavy atom. The third-order valence-corrected chi connectivity index (χ3v) is 7.03. The molecule has 2 aromatic rings. The first kappa shape index (κ1) is 25.7. The van der Waals surface area contributed by atoms with Crippen LogP contribution in [0.25, 0.3) is 0 Å². The summed E-state index contributed by atoms with van der Waals surface area (Å²) in [7, 11) is 4.59. The first-order chi connectivity index (χ1) is 17.4. The molecular formula is C27H33N2O7+. The number of para-hydroxylation sites is 1. The van der Waals surface area contributed by atoms with E-state index in [4.69, 9.17) is 18.9 Å². The third-order valence-electron chi connectivity index (χ3n) is 7.03. The zero-order valence-corrected chi connectivity index (χ0v) is 21.2. The second-order valence-electron chi connectivity index (χ2n) is 9.03. The average molecular weight is 498 g/mol. The SMILES string of the molecule is COc1ccc(C(=O)C2C(=O)C(=O)N(CC[NH+]3CCOCC3)C2c2cccc(OC)c2OC)cc1C. The Labute approximate surface area is 210 Å². The molecule has 2 fully saturated rings. The minimum Gasteiger partial charge on any atom is -0.496 e. The van der Waals surface area contributed by atoms with Crippen LogP contribution in [-0.2, 0) is 14.3 Å². The van der Waals surface area contributed by atoms with Crippen molar-refractivity contribution in [1.29, 1.82) is 0 Å². The van der Waals surface area contributed by atoms with Crippen molar-refractivity contribution in [1.82, 2.24) is 4.90 Å². The number of nitrogens with one attached hydrogen (secondary N) is 1. The summed E-state index contributed by atoms with van der Waals surface area (Å²) in [6.07, 6.45) is 0. The number of nitrogens with zero attached hydrogens (tertiary/aromatic N) is 1. The second kappa shape index (κ2) is 11.1. The number of amides is 1. The number of ketones is 2. The molecule has 0 radical (unpaired) electrons. The molecule has 2 saturated heterocycles. The van der Waals surface area contributed by atoms with Gasteiger partial charge in [-0.1, -0.05) is 12.1 Å². The van der Waals surface area contributed by atoms with E-state index < -0.39 is 29.4 Å². The molecule has 2 heterocycles. The maximum Gasteiger partial charge on any atom is 0.291 e. The number of Topliss-reactive ketones (excluding diaryl/α,β-unsaturated/α-hetero) is 2. The van der Waals surface area contributed by atoms with Crippen LogP contribution in [0.5, 0.6) is 17.2 Å². The minimum atomic E-state index is -1.20. The van der Waals surface area contributed by atoms with Crippen molar-refractivity contribution in [3.05, 3.63) is 53.1 Å². The molecule has 4 rings (SSSR count). The Morgan fingerprint density at radius 2 is 1.75 bits per heavy atom. The predicted octanol–water partition coefficient (Wildman–Crippen LogP) is 0.887. The highest BCUT2D eigenvalue weighted by Crippen LogP contribution is 2.44. The first-order valence-corrected chi connectivity index (χ1v) is 12.1. The Morgan fingerprint density at radius 3 is 2.39 bits per heavy atom. The van der Waals surface area contributed by atoms with E-state index in [1.54, 1.807) is 43.5 Å². The maximum atomic E-state index is 13.8. The summed E-state index contributed by atoms with van der Waals surface area (Å²) in [5.74, 6) is -1.46. The lowest BCUT2D eigenvalue weighted by Gasteiger charge is -2.31. The van der Waals surface area contributed by atoms with E-state index in [0.29, 0.717) is 54.7 Å². The largest absolute Gasteiger partial charge is 0.496 e. The Kier molecular flexibility index (Phi) is 7.91. The quantitative estimate of drug-likeness (QED) is 0.312. The summed E-state index contributed by atoms with van der Waals surface area (Å²) >= 11 is 0. The molecule has 9 heteroatoms. The van der Waals surface area contributed by atoms with Crippen molar-refractivity contribution in [2.45, 2.75) is 13.0 Å². The Balaban J connectivity index is 1.76. The van der Waals surface area contributed by atoms with Crippen LogP contribution < -0.4 is 19.1 Å². The molecule has 9 nitrogen and oxygen atoms in total. The van der Waals surface area contributed by atoms with Crippen LogP contribution in [0.3, 0.4) is 0 Å². The van der Waals surface area contributed by atoms with Gasteiger partial charge in [-0.05, 0) is 36.8 Å². The van der Waals surface area contributed by atoms with Crippen LogP contribution in [0.1, 0.15) is 27.5 Å². The topological polar surface area (TPSA) is 95.8 Å². The number of benzene rings is 2. The van der Waals surface area contributed by atoms with Gasteiger partial charge in [-0.3, -0.25) is 14.4 Å². The number of hydrogen-bond acceptors (Lipinski definition) is 7. The van der Waals surface area contributed by atoms with Gasteiger partial charge in [-0.25, -0.2) is 0 Å². The van der Waals surface area contributed by atoms with Gasteiger partial charge in [0.1, 0.15) is 24.8 Å². The molecular weight excluding hydrogens is 464 g/mol. The highest BCUT2D eigenvalue weighted by molar-refractivity contribution is 6.44. The number of morpholine rings is 1. The summed E-state index contributed by atoms with van der Waals surface area (Å²) < 4.78 is 21.9. The van der Waals surface area contributed by atoms with Crippen molar-refractivity contribution >= 4 is 17.5 Å². The molecule has 2 atom stereocenters. The number of rotatable bonds is 9. The predicted molar refractivity (Wildman–Crippen MR) is 131 cm³/mol. The van der Waals surface area contributed by atoms with Gasteiger partial charge in [0.2, 0.25) is 5.78 Å². The van der Waals surface area contributed by atoms with Gasteiger partial charge in [-0.2, -0.15) is 0 Å². The van der Waals surface area contributed by atoms with Gasteiger partial charge in [0.25, 0.3) is 5.91 Å². The van der Waals surface area contributed by atoms with Gasteiger partial charge in [0.15, 0.2) is 17.3 Å². The summed E-state index contributed by atoms with van der Waals surface area (Å²) in [4.78, 5) is 43.3. The fourth-order valence-electron chi connectivity index (χ4n) is 5.12. The lowest BCUT2D eigenvalue weighted by Crippen LogP contribution is -3.14. The summed E-state index contributed by atoms with van der Waals surface area (Å²) in [5, 5.41) is 0. The highest BCUT2D eigenvalue weighted by atomic mass is 16.5. The van der Waals surface area contributed by atoms with Gasteiger partial charge >= 0.3 is 0 Å². The molecule has 2 aliphatic heterocycles. The van der Waals surface area contributed by atoms with Crippen LogP contribution >= 0.6 is 0 Å². The number of carbonyl (C=O) groups excluding carboxylic acids is 3. The second-order valence-corrected chi connectivity index (χ2v) is 9.03. The monoisotopic (exact) mass is 497 g/mol. The van der Waals surface area contributed by atoms with Gasteiger partial charge in [0, 0.05) is 11.1 Å². The van der Waals surface area contributed by atoms with E-state index in [0.717, 1.165) is 18.7 Å². The van der Waals surface area contributed by atoms with E-state index in [9.17, 15) is 14.4 Å². The summed E-state index contributed by atoms with van der Waals surface area (Å²) in [6.45, 7) is 5.79. The minimum absolute atomic E-state index is 0.330. The molecule has 2 aromatic carbocycles. The fraction of sp³-hybridized carbons (Fsp3) is 0.444. The van der Waals surface area contributed by atoms with E-state index in [2.05, 4.69) is 0 Å². The standard InChI is InChI=1S/C27H32N2O7/c1-17-16-18(8-9-20(17)33-2)24(30)22-23(19-6-5-7-21(34-3)26(19)35-4)29(27(32)25(22)31)11-10-28-12-14-36-15-13-28/h5-9,16,22-23H,10-15H2,1-4H3/p+1.